The minimum absolute atomic E-state index is 0. The molecule has 0 N–H and O–H groups in total. The van der Waals surface area contributed by atoms with E-state index in [1.165, 1.54) is 6.26 Å². The van der Waals surface area contributed by atoms with Gasteiger partial charge in [-0.3, -0.25) is 16.3 Å². The summed E-state index contributed by atoms with van der Waals surface area (Å²) in [4.78, 5) is 0.623. The monoisotopic (exact) mass is 183 g/mol. The van der Waals surface area contributed by atoms with Gasteiger partial charge in [-0.15, -0.1) is 0 Å². The third-order valence-corrected chi connectivity index (χ3v) is 5.59. The van der Waals surface area contributed by atoms with Gasteiger partial charge in [-0.05, 0) is 0 Å². The van der Waals surface area contributed by atoms with E-state index in [1.54, 1.807) is 6.92 Å². The van der Waals surface area contributed by atoms with E-state index in [1.807, 2.05) is 13.3 Å². The molecule has 0 rings (SSSR count). The van der Waals surface area contributed by atoms with Gasteiger partial charge in [0.25, 0.3) is 0 Å². The van der Waals surface area contributed by atoms with Crippen LogP contribution in [-0.2, 0) is 9.84 Å². The summed E-state index contributed by atoms with van der Waals surface area (Å²) in [6.07, 6.45) is 1.25. The van der Waals surface area contributed by atoms with Crippen LogP contribution >= 0.6 is 7.92 Å². The van der Waals surface area contributed by atoms with Gasteiger partial charge in [0, 0.05) is 16.1 Å². The van der Waals surface area contributed by atoms with Gasteiger partial charge in [-0.1, -0.05) is 20.8 Å². The maximum atomic E-state index is 10.8. The lowest BCUT2D eigenvalue weighted by Crippen LogP contribution is -2.04. The summed E-state index contributed by atoms with van der Waals surface area (Å²) in [5.74, 6) is 0. The Hall–Kier alpha value is 0.380. The summed E-state index contributed by atoms with van der Waals surface area (Å²) >= 11 is 0. The zero-order valence-corrected chi connectivity index (χ0v) is 7.88. The van der Waals surface area contributed by atoms with Crippen LogP contribution in [0.15, 0.2) is 0 Å². The second kappa shape index (κ2) is 4.30. The lowest BCUT2D eigenvalue weighted by atomic mass is 11.0. The van der Waals surface area contributed by atoms with Crippen LogP contribution in [-0.4, -0.2) is 28.0 Å². The molecule has 0 saturated heterocycles. The van der Waals surface area contributed by atoms with E-state index < -0.39 is 17.8 Å². The van der Waals surface area contributed by atoms with Crippen LogP contribution in [0.5, 0.6) is 0 Å². The molecule has 0 aliphatic heterocycles. The average Bonchev–Trinajstić information content (AvgIpc) is 1.62. The number of rotatable bonds is 2. The third kappa shape index (κ3) is 4.24. The van der Waals surface area contributed by atoms with Crippen molar-refractivity contribution in [3.63, 3.8) is 0 Å². The fourth-order valence-corrected chi connectivity index (χ4v) is 2.98. The minimum atomic E-state index is -2.86. The molecule has 0 spiro atoms. The van der Waals surface area contributed by atoms with Crippen molar-refractivity contribution < 1.29 is 8.42 Å². The molecule has 0 heterocycles. The predicted octanol–water partition coefficient (Wildman–Crippen LogP) is 1.92. The van der Waals surface area contributed by atoms with Crippen molar-refractivity contribution >= 4 is 17.8 Å². The molecule has 0 aliphatic rings. The Labute approximate surface area is 65.7 Å². The van der Waals surface area contributed by atoms with Crippen LogP contribution in [0, 0.1) is 4.99 Å². The van der Waals surface area contributed by atoms with Crippen molar-refractivity contribution in [1.82, 2.24) is 0 Å². The zero-order valence-electron chi connectivity index (χ0n) is 6.17. The Bertz CT molecular complexity index is 172. The summed E-state index contributed by atoms with van der Waals surface area (Å²) in [5.41, 5.74) is 0. The van der Waals surface area contributed by atoms with Crippen molar-refractivity contribution in [2.24, 2.45) is 0 Å². The number of sulfone groups is 1. The molecule has 0 radical (unpaired) electrons. The van der Waals surface area contributed by atoms with Crippen molar-refractivity contribution in [3.8, 4) is 0 Å². The van der Waals surface area contributed by atoms with Gasteiger partial charge >= 0.3 is 0 Å². The van der Waals surface area contributed by atoms with Gasteiger partial charge < -0.3 is 0 Å². The highest BCUT2D eigenvalue weighted by Gasteiger charge is 2.01. The highest BCUT2D eigenvalue weighted by Crippen LogP contribution is 2.41. The van der Waals surface area contributed by atoms with Crippen LogP contribution in [0.3, 0.4) is 0 Å². The summed E-state index contributed by atoms with van der Waals surface area (Å²) in [5, 5.41) is 0. The summed E-state index contributed by atoms with van der Waals surface area (Å²) in [6, 6.07) is 0. The molecule has 0 aromatic heterocycles. The Kier molecular flexibility index (Phi) is 5.59. The van der Waals surface area contributed by atoms with Gasteiger partial charge in [0.15, 0.2) is 0 Å². The molecule has 0 aliphatic carbocycles. The van der Waals surface area contributed by atoms with E-state index in [-0.39, 0.29) is 7.43 Å². The quantitative estimate of drug-likeness (QED) is 0.484. The highest BCUT2D eigenvalue weighted by atomic mass is 32.2. The van der Waals surface area contributed by atoms with E-state index in [2.05, 4.69) is 0 Å². The molecule has 4 heteroatoms. The van der Waals surface area contributed by atoms with Crippen molar-refractivity contribution in [2.75, 3.05) is 19.6 Å². The normalized spacial score (nSPS) is 11.8. The lowest BCUT2D eigenvalue weighted by molar-refractivity contribution is 0.606. The molecular weight excluding hydrogens is 167 g/mol. The first-order valence-electron chi connectivity index (χ1n) is 2.56. The number of hydrogen-bond donors (Lipinski definition) is 0. The summed E-state index contributed by atoms with van der Waals surface area (Å²) in [6.45, 7) is 5.55. The second-order valence-electron chi connectivity index (χ2n) is 2.19. The molecule has 0 fully saturated rings. The van der Waals surface area contributed by atoms with Gasteiger partial charge in [-0.2, -0.15) is 11.9 Å². The highest BCUT2D eigenvalue weighted by molar-refractivity contribution is 8.01. The molecule has 2 nitrogen and oxygen atoms in total. The van der Waals surface area contributed by atoms with Crippen molar-refractivity contribution in [2.45, 2.75) is 14.4 Å². The van der Waals surface area contributed by atoms with Crippen molar-refractivity contribution in [1.29, 1.82) is 0 Å². The molecule has 10 heavy (non-hydrogen) atoms. The fourth-order valence-electron chi connectivity index (χ4n) is 0.332. The average molecular weight is 183 g/mol. The van der Waals surface area contributed by atoms with E-state index in [0.29, 0.717) is 4.99 Å². The number of hydrogen-bond acceptors (Lipinski definition) is 2. The Morgan fingerprint density at radius 2 is 1.60 bits per heavy atom. The van der Waals surface area contributed by atoms with E-state index >= 15 is 0 Å². The third-order valence-electron chi connectivity index (χ3n) is 1.17. The van der Waals surface area contributed by atoms with Crippen LogP contribution in [0.4, 0.5) is 0 Å². The SMILES string of the molecule is C.C[C-](P(C)C)S(C)(=O)=O. The second-order valence-corrected chi connectivity index (χ2v) is 7.10. The van der Waals surface area contributed by atoms with E-state index in [0.717, 1.165) is 0 Å². The van der Waals surface area contributed by atoms with Gasteiger partial charge in [0.05, 0.1) is 0 Å². The predicted molar refractivity (Wildman–Crippen MR) is 49.3 cm³/mol. The van der Waals surface area contributed by atoms with Crippen LogP contribution in [0.1, 0.15) is 14.4 Å². The Morgan fingerprint density at radius 1 is 1.30 bits per heavy atom. The smallest absolute Gasteiger partial charge is 0.0275 e. The molecular formula is C6H16O2PS-. The maximum Gasteiger partial charge on any atom is 0.0275 e. The molecule has 0 aromatic carbocycles. The van der Waals surface area contributed by atoms with Crippen LogP contribution < -0.4 is 0 Å². The van der Waals surface area contributed by atoms with Crippen molar-refractivity contribution in [3.05, 3.63) is 4.99 Å². The lowest BCUT2D eigenvalue weighted by Gasteiger charge is -2.27. The maximum absolute atomic E-state index is 10.8. The van der Waals surface area contributed by atoms with Gasteiger partial charge in [0.2, 0.25) is 0 Å². The van der Waals surface area contributed by atoms with E-state index in [4.69, 9.17) is 0 Å². The molecule has 0 atom stereocenters. The first kappa shape index (κ1) is 13.0. The Morgan fingerprint density at radius 3 is 1.60 bits per heavy atom. The van der Waals surface area contributed by atoms with Crippen LogP contribution in [0.25, 0.3) is 0 Å². The van der Waals surface area contributed by atoms with Crippen LogP contribution in [0.2, 0.25) is 0 Å². The van der Waals surface area contributed by atoms with Gasteiger partial charge in [0.1, 0.15) is 0 Å². The fraction of sp³-hybridized carbons (Fsp3) is 0.833. The standard InChI is InChI=1S/C5H12O2PS.CH4/c1-5(8(2)3)9(4,6)7;/h1-4H3;1H4/q-1;. The minimum Gasteiger partial charge on any atom is -0.262 e. The van der Waals surface area contributed by atoms with Gasteiger partial charge in [-0.25, -0.2) is 0 Å². The first-order valence-corrected chi connectivity index (χ1v) is 6.69. The Balaban J connectivity index is 0. The summed E-state index contributed by atoms with van der Waals surface area (Å²) < 4.78 is 21.5. The molecule has 0 unspecified atom stereocenters. The molecule has 64 valence electrons. The molecule has 0 amide bonds. The first-order chi connectivity index (χ1) is 3.85. The largest absolute Gasteiger partial charge is 0.262 e. The zero-order chi connectivity index (χ0) is 7.65. The molecule has 0 aromatic rings. The summed E-state index contributed by atoms with van der Waals surface area (Å²) in [7, 11) is -3.28. The molecule has 0 bridgehead atoms. The topological polar surface area (TPSA) is 34.1 Å². The molecule has 0 saturated carbocycles. The van der Waals surface area contributed by atoms with E-state index in [9.17, 15) is 8.42 Å².